The lowest BCUT2D eigenvalue weighted by Gasteiger charge is -2.33. The van der Waals surface area contributed by atoms with Crippen LogP contribution in [0.15, 0.2) is 30.9 Å². The smallest absolute Gasteiger partial charge is 0.150 e. The van der Waals surface area contributed by atoms with Crippen molar-refractivity contribution < 1.29 is 0 Å². The lowest BCUT2D eigenvalue weighted by molar-refractivity contribution is 0.521. The molecule has 0 spiro atoms. The number of rotatable bonds is 3. The Kier molecular flexibility index (Phi) is 3.92. The highest BCUT2D eigenvalue weighted by Crippen LogP contribution is 2.25. The molecule has 1 aliphatic rings. The summed E-state index contributed by atoms with van der Waals surface area (Å²) >= 11 is 6.12. The zero-order chi connectivity index (χ0) is 13.8. The van der Waals surface area contributed by atoms with Gasteiger partial charge in [0.2, 0.25) is 0 Å². The van der Waals surface area contributed by atoms with E-state index in [4.69, 9.17) is 11.6 Å². The number of halogens is 1. The maximum absolute atomic E-state index is 6.12. The molecule has 104 valence electrons. The minimum absolute atomic E-state index is 0.406. The molecule has 1 N–H and O–H groups in total. The molecular weight excluding hydrogens is 276 g/mol. The predicted molar refractivity (Wildman–Crippen MR) is 77.9 cm³/mol. The number of hydrogen-bond donors (Lipinski definition) is 1. The summed E-state index contributed by atoms with van der Waals surface area (Å²) in [4.78, 5) is 10.4. The molecule has 0 amide bonds. The molecule has 0 bridgehead atoms. The second kappa shape index (κ2) is 6.00. The Balaban J connectivity index is 1.59. The van der Waals surface area contributed by atoms with Crippen molar-refractivity contribution in [3.8, 4) is 0 Å². The summed E-state index contributed by atoms with van der Waals surface area (Å²) in [6.07, 6.45) is 6.86. The Morgan fingerprint density at radius 1 is 1.30 bits per heavy atom. The van der Waals surface area contributed by atoms with Crippen molar-refractivity contribution in [3.05, 3.63) is 35.9 Å². The fourth-order valence-corrected chi connectivity index (χ4v) is 2.59. The topological polar surface area (TPSA) is 66.8 Å². The van der Waals surface area contributed by atoms with Gasteiger partial charge in [-0.25, -0.2) is 9.97 Å². The summed E-state index contributed by atoms with van der Waals surface area (Å²) in [5.74, 6) is 1.64. The largest absolute Gasteiger partial charge is 0.366 e. The first-order valence-corrected chi connectivity index (χ1v) is 6.95. The first-order valence-electron chi connectivity index (χ1n) is 6.57. The normalized spacial score (nSPS) is 16.1. The number of nitrogens with zero attached hydrogens (tertiary/aromatic N) is 5. The van der Waals surface area contributed by atoms with E-state index in [9.17, 15) is 0 Å². The van der Waals surface area contributed by atoms with E-state index in [-0.39, 0.29) is 0 Å². The van der Waals surface area contributed by atoms with Crippen molar-refractivity contribution >= 4 is 23.2 Å². The molecule has 0 radical (unpaired) electrons. The summed E-state index contributed by atoms with van der Waals surface area (Å²) in [5.41, 5.74) is 0. The molecule has 0 unspecified atom stereocenters. The van der Waals surface area contributed by atoms with Crippen molar-refractivity contribution in [3.63, 3.8) is 0 Å². The standard InChI is InChI=1S/C13H15ClN6/c14-11-8-15-9-16-13(11)20-6-3-10(4-7-20)18-12-2-1-5-17-19-12/h1-2,5,8-10H,3-4,6-7H2,(H,18,19). The average molecular weight is 291 g/mol. The Bertz CT molecular complexity index is 556. The van der Waals surface area contributed by atoms with Crippen LogP contribution in [-0.2, 0) is 0 Å². The molecule has 1 saturated heterocycles. The van der Waals surface area contributed by atoms with E-state index in [1.54, 1.807) is 12.4 Å². The highest BCUT2D eigenvalue weighted by atomic mass is 35.5. The van der Waals surface area contributed by atoms with Crippen LogP contribution >= 0.6 is 11.6 Å². The number of aromatic nitrogens is 4. The van der Waals surface area contributed by atoms with Crippen LogP contribution in [0.3, 0.4) is 0 Å². The third-order valence-corrected chi connectivity index (χ3v) is 3.63. The fraction of sp³-hybridized carbons (Fsp3) is 0.385. The van der Waals surface area contributed by atoms with E-state index in [1.165, 1.54) is 6.33 Å². The van der Waals surface area contributed by atoms with Gasteiger partial charge in [0.05, 0.1) is 6.20 Å². The lowest BCUT2D eigenvalue weighted by atomic mass is 10.1. The molecule has 1 aliphatic heterocycles. The number of hydrogen-bond acceptors (Lipinski definition) is 6. The molecule has 0 aliphatic carbocycles. The van der Waals surface area contributed by atoms with Gasteiger partial charge >= 0.3 is 0 Å². The van der Waals surface area contributed by atoms with Crippen molar-refractivity contribution in [2.24, 2.45) is 0 Å². The second-order valence-electron chi connectivity index (χ2n) is 4.71. The van der Waals surface area contributed by atoms with Crippen LogP contribution in [0.4, 0.5) is 11.6 Å². The molecule has 0 atom stereocenters. The van der Waals surface area contributed by atoms with E-state index in [1.807, 2.05) is 12.1 Å². The Morgan fingerprint density at radius 2 is 2.15 bits per heavy atom. The molecule has 1 fully saturated rings. The van der Waals surface area contributed by atoms with E-state index in [2.05, 4.69) is 30.4 Å². The molecule has 0 aromatic carbocycles. The van der Waals surface area contributed by atoms with Crippen LogP contribution < -0.4 is 10.2 Å². The Labute approximate surface area is 122 Å². The third-order valence-electron chi connectivity index (χ3n) is 3.37. The van der Waals surface area contributed by atoms with Gasteiger partial charge in [0.15, 0.2) is 5.82 Å². The molecule has 7 heteroatoms. The number of nitrogens with one attached hydrogen (secondary N) is 1. The summed E-state index contributed by atoms with van der Waals surface area (Å²) in [7, 11) is 0. The molecular formula is C13H15ClN6. The summed E-state index contributed by atoms with van der Waals surface area (Å²) in [6.45, 7) is 1.82. The molecule has 0 saturated carbocycles. The Morgan fingerprint density at radius 3 is 2.85 bits per heavy atom. The van der Waals surface area contributed by atoms with Crippen LogP contribution in [0.1, 0.15) is 12.8 Å². The van der Waals surface area contributed by atoms with Gasteiger partial charge in [0.25, 0.3) is 0 Å². The van der Waals surface area contributed by atoms with Gasteiger partial charge in [-0.15, -0.1) is 5.10 Å². The minimum atomic E-state index is 0.406. The summed E-state index contributed by atoms with van der Waals surface area (Å²) in [6, 6.07) is 4.22. The van der Waals surface area contributed by atoms with Gasteiger partial charge in [-0.2, -0.15) is 5.10 Å². The molecule has 2 aromatic heterocycles. The van der Waals surface area contributed by atoms with Gasteiger partial charge < -0.3 is 10.2 Å². The fourth-order valence-electron chi connectivity index (χ4n) is 2.36. The molecule has 3 heterocycles. The van der Waals surface area contributed by atoms with E-state index in [0.29, 0.717) is 11.1 Å². The minimum Gasteiger partial charge on any atom is -0.366 e. The first-order chi connectivity index (χ1) is 9.83. The quantitative estimate of drug-likeness (QED) is 0.932. The third kappa shape index (κ3) is 2.96. The molecule has 3 rings (SSSR count). The average Bonchev–Trinajstić information content (AvgIpc) is 2.50. The maximum Gasteiger partial charge on any atom is 0.150 e. The Hall–Kier alpha value is -1.95. The zero-order valence-electron chi connectivity index (χ0n) is 10.9. The van der Waals surface area contributed by atoms with Gasteiger partial charge in [-0.1, -0.05) is 11.6 Å². The molecule has 6 nitrogen and oxygen atoms in total. The van der Waals surface area contributed by atoms with Crippen LogP contribution in [0, 0.1) is 0 Å². The molecule has 2 aromatic rings. The maximum atomic E-state index is 6.12. The van der Waals surface area contributed by atoms with E-state index < -0.39 is 0 Å². The number of piperidine rings is 1. The van der Waals surface area contributed by atoms with E-state index in [0.717, 1.165) is 37.6 Å². The first kappa shape index (κ1) is 13.1. The van der Waals surface area contributed by atoms with Crippen molar-refractivity contribution in [2.75, 3.05) is 23.3 Å². The van der Waals surface area contributed by atoms with Gasteiger partial charge in [0.1, 0.15) is 17.2 Å². The second-order valence-corrected chi connectivity index (χ2v) is 5.12. The summed E-state index contributed by atoms with van der Waals surface area (Å²) < 4.78 is 0. The highest BCUT2D eigenvalue weighted by molar-refractivity contribution is 6.32. The van der Waals surface area contributed by atoms with Crippen LogP contribution in [-0.4, -0.2) is 39.3 Å². The highest BCUT2D eigenvalue weighted by Gasteiger charge is 2.21. The number of anilines is 2. The van der Waals surface area contributed by atoms with Crippen LogP contribution in [0.2, 0.25) is 5.02 Å². The summed E-state index contributed by atoms with van der Waals surface area (Å²) in [5, 5.41) is 11.9. The van der Waals surface area contributed by atoms with Crippen molar-refractivity contribution in [1.29, 1.82) is 0 Å². The molecule has 20 heavy (non-hydrogen) atoms. The van der Waals surface area contributed by atoms with Crippen molar-refractivity contribution in [2.45, 2.75) is 18.9 Å². The van der Waals surface area contributed by atoms with Gasteiger partial charge in [-0.3, -0.25) is 0 Å². The lowest BCUT2D eigenvalue weighted by Crippen LogP contribution is -2.39. The van der Waals surface area contributed by atoms with Gasteiger partial charge in [0, 0.05) is 25.3 Å². The van der Waals surface area contributed by atoms with Crippen LogP contribution in [0.25, 0.3) is 0 Å². The zero-order valence-corrected chi connectivity index (χ0v) is 11.7. The van der Waals surface area contributed by atoms with Gasteiger partial charge in [-0.05, 0) is 25.0 Å². The SMILES string of the molecule is Clc1cncnc1N1CCC(Nc2cccnn2)CC1. The van der Waals surface area contributed by atoms with Crippen LogP contribution in [0.5, 0.6) is 0 Å². The van der Waals surface area contributed by atoms with E-state index >= 15 is 0 Å². The monoisotopic (exact) mass is 290 g/mol. The predicted octanol–water partition coefficient (Wildman–Crippen LogP) is 2.00. The van der Waals surface area contributed by atoms with Crippen molar-refractivity contribution in [1.82, 2.24) is 20.2 Å².